The normalized spacial score (nSPS) is 10.7. The third kappa shape index (κ3) is 6.11. The van der Waals surface area contributed by atoms with Gasteiger partial charge in [0.1, 0.15) is 0 Å². The zero-order valence-electron chi connectivity index (χ0n) is 18.8. The summed E-state index contributed by atoms with van der Waals surface area (Å²) in [7, 11) is 0. The summed E-state index contributed by atoms with van der Waals surface area (Å²) in [6.07, 6.45) is 7.23. The Morgan fingerprint density at radius 1 is 1.03 bits per heavy atom. The van der Waals surface area contributed by atoms with Crippen LogP contribution < -0.4 is 11.1 Å². The number of pyridine rings is 1. The maximum absolute atomic E-state index is 12.7. The first-order chi connectivity index (χ1) is 15.6. The molecule has 2 heterocycles. The van der Waals surface area contributed by atoms with E-state index in [0.717, 1.165) is 29.6 Å². The summed E-state index contributed by atoms with van der Waals surface area (Å²) in [4.78, 5) is 21.5. The van der Waals surface area contributed by atoms with Crippen molar-refractivity contribution < 1.29 is 4.79 Å². The number of benzene rings is 2. The largest absolute Gasteiger partial charge is 0.369 e. The lowest BCUT2D eigenvalue weighted by atomic mass is 10.1. The van der Waals surface area contributed by atoms with Gasteiger partial charge in [-0.05, 0) is 60.9 Å². The molecule has 4 rings (SSSR count). The molecule has 4 aromatic rings. The number of nitrogens with two attached hydrogens (primary N) is 1. The lowest BCUT2D eigenvalue weighted by Crippen LogP contribution is -2.11. The third-order valence-corrected chi connectivity index (χ3v) is 5.64. The van der Waals surface area contributed by atoms with Crippen LogP contribution in [0.2, 0.25) is 0 Å². The van der Waals surface area contributed by atoms with Crippen LogP contribution in [0.5, 0.6) is 0 Å². The van der Waals surface area contributed by atoms with E-state index >= 15 is 0 Å². The number of hydrogen-bond acceptors (Lipinski definition) is 4. The van der Waals surface area contributed by atoms with Gasteiger partial charge in [-0.15, -0.1) is 12.4 Å². The number of amides is 1. The number of imidazole rings is 1. The smallest absolute Gasteiger partial charge is 0.255 e. The van der Waals surface area contributed by atoms with E-state index in [1.807, 2.05) is 65.2 Å². The fraction of sp³-hybridized carbons (Fsp3) is 0.269. The van der Waals surface area contributed by atoms with Crippen molar-refractivity contribution in [2.45, 2.75) is 45.6 Å². The molecule has 2 aromatic heterocycles. The Labute approximate surface area is 200 Å². The van der Waals surface area contributed by atoms with Crippen molar-refractivity contribution in [2.24, 2.45) is 0 Å². The van der Waals surface area contributed by atoms with Gasteiger partial charge in [-0.2, -0.15) is 0 Å². The van der Waals surface area contributed by atoms with E-state index in [4.69, 9.17) is 5.73 Å². The number of aromatic nitrogens is 3. The summed E-state index contributed by atoms with van der Waals surface area (Å²) in [5, 5.41) is 2.97. The zero-order chi connectivity index (χ0) is 22.3. The summed E-state index contributed by atoms with van der Waals surface area (Å²) in [5.41, 5.74) is 11.5. The fourth-order valence-corrected chi connectivity index (χ4v) is 3.84. The van der Waals surface area contributed by atoms with Crippen LogP contribution in [0.15, 0.2) is 66.9 Å². The molecule has 0 aliphatic carbocycles. The Bertz CT molecular complexity index is 1190. The predicted octanol–water partition coefficient (Wildman–Crippen LogP) is 5.66. The average Bonchev–Trinajstić information content (AvgIpc) is 3.13. The molecular weight excluding hydrogens is 434 g/mol. The van der Waals surface area contributed by atoms with E-state index in [2.05, 4.69) is 22.2 Å². The predicted molar refractivity (Wildman–Crippen MR) is 137 cm³/mol. The molecule has 0 fully saturated rings. The molecule has 2 aromatic carbocycles. The summed E-state index contributed by atoms with van der Waals surface area (Å²) < 4.78 is 1.98. The quantitative estimate of drug-likeness (QED) is 0.313. The molecular formula is C26H30ClN5O. The first-order valence-corrected chi connectivity index (χ1v) is 11.2. The van der Waals surface area contributed by atoms with Crippen molar-refractivity contribution in [2.75, 3.05) is 11.1 Å². The number of nitrogens with zero attached hydrogens (tertiary/aromatic N) is 3. The second-order valence-electron chi connectivity index (χ2n) is 8.00. The molecule has 7 heteroatoms. The molecule has 0 saturated heterocycles. The van der Waals surface area contributed by atoms with Crippen LogP contribution in [0.4, 0.5) is 11.6 Å². The molecule has 0 aliphatic rings. The van der Waals surface area contributed by atoms with Gasteiger partial charge in [-0.25, -0.2) is 4.98 Å². The summed E-state index contributed by atoms with van der Waals surface area (Å²) in [6.45, 7) is 2.89. The highest BCUT2D eigenvalue weighted by molar-refractivity contribution is 6.05. The molecule has 0 bridgehead atoms. The Morgan fingerprint density at radius 3 is 2.58 bits per heavy atom. The van der Waals surface area contributed by atoms with E-state index in [0.29, 0.717) is 23.7 Å². The lowest BCUT2D eigenvalue weighted by Gasteiger charge is -2.08. The van der Waals surface area contributed by atoms with E-state index in [9.17, 15) is 4.79 Å². The molecule has 33 heavy (non-hydrogen) atoms. The molecule has 1 amide bonds. The van der Waals surface area contributed by atoms with Crippen LogP contribution in [-0.4, -0.2) is 20.4 Å². The topological polar surface area (TPSA) is 85.8 Å². The highest BCUT2D eigenvalue weighted by Crippen LogP contribution is 2.23. The van der Waals surface area contributed by atoms with Crippen LogP contribution in [0.1, 0.15) is 47.8 Å². The molecule has 6 nitrogen and oxygen atoms in total. The fourth-order valence-electron chi connectivity index (χ4n) is 3.84. The number of carbonyl (C=O) groups is 1. The first kappa shape index (κ1) is 24.3. The minimum Gasteiger partial charge on any atom is -0.369 e. The molecule has 0 atom stereocenters. The second kappa shape index (κ2) is 11.5. The average molecular weight is 464 g/mol. The minimum absolute atomic E-state index is 0. The highest BCUT2D eigenvalue weighted by atomic mass is 35.5. The molecule has 172 valence electrons. The number of nitrogen functional groups attached to an aromatic ring is 1. The van der Waals surface area contributed by atoms with Gasteiger partial charge in [0.05, 0.1) is 11.0 Å². The van der Waals surface area contributed by atoms with Gasteiger partial charge in [0, 0.05) is 36.1 Å². The van der Waals surface area contributed by atoms with Crippen LogP contribution in [0, 0.1) is 0 Å². The van der Waals surface area contributed by atoms with E-state index in [1.54, 1.807) is 6.20 Å². The monoisotopic (exact) mass is 463 g/mol. The van der Waals surface area contributed by atoms with Crippen molar-refractivity contribution in [3.8, 4) is 0 Å². The van der Waals surface area contributed by atoms with E-state index in [1.165, 1.54) is 24.8 Å². The SMILES string of the molecule is CCCCCc1ccc(C(=O)Nc2ccc3c(c2)nc(N)n3CCc2ccccn2)cc1.Cl. The third-order valence-electron chi connectivity index (χ3n) is 5.64. The molecule has 0 spiro atoms. The molecule has 0 aliphatic heterocycles. The molecule has 0 unspecified atom stereocenters. The van der Waals surface area contributed by atoms with E-state index in [-0.39, 0.29) is 18.3 Å². The first-order valence-electron chi connectivity index (χ1n) is 11.2. The van der Waals surface area contributed by atoms with Crippen LogP contribution in [-0.2, 0) is 19.4 Å². The van der Waals surface area contributed by atoms with Crippen molar-refractivity contribution in [3.05, 3.63) is 83.7 Å². The number of halogens is 1. The van der Waals surface area contributed by atoms with Gasteiger partial charge in [-0.1, -0.05) is 38.0 Å². The van der Waals surface area contributed by atoms with Gasteiger partial charge in [0.25, 0.3) is 5.91 Å². The summed E-state index contributed by atoms with van der Waals surface area (Å²) in [6, 6.07) is 19.4. The van der Waals surface area contributed by atoms with Gasteiger partial charge in [0.2, 0.25) is 5.95 Å². The molecule has 3 N–H and O–H groups in total. The number of rotatable bonds is 9. The maximum Gasteiger partial charge on any atom is 0.255 e. The number of hydrogen-bond donors (Lipinski definition) is 2. The Hall–Kier alpha value is -3.38. The Kier molecular flexibility index (Phi) is 8.44. The van der Waals surface area contributed by atoms with Crippen molar-refractivity contribution in [1.29, 1.82) is 0 Å². The number of aryl methyl sites for hydroxylation is 3. The number of nitrogens with one attached hydrogen (secondary N) is 1. The van der Waals surface area contributed by atoms with Crippen LogP contribution in [0.3, 0.4) is 0 Å². The van der Waals surface area contributed by atoms with Crippen molar-refractivity contribution in [3.63, 3.8) is 0 Å². The van der Waals surface area contributed by atoms with Crippen molar-refractivity contribution >= 4 is 41.0 Å². The minimum atomic E-state index is -0.132. The van der Waals surface area contributed by atoms with Gasteiger partial charge >= 0.3 is 0 Å². The Morgan fingerprint density at radius 2 is 1.85 bits per heavy atom. The number of unbranched alkanes of at least 4 members (excludes halogenated alkanes) is 2. The second-order valence-corrected chi connectivity index (χ2v) is 8.00. The van der Waals surface area contributed by atoms with E-state index < -0.39 is 0 Å². The van der Waals surface area contributed by atoms with Crippen LogP contribution >= 0.6 is 12.4 Å². The number of carbonyl (C=O) groups excluding carboxylic acids is 1. The number of fused-ring (bicyclic) bond motifs is 1. The standard InChI is InChI=1S/C26H29N5O.ClH/c1-2-3-4-7-19-9-11-20(12-10-19)25(32)29-22-13-14-24-23(18-22)30-26(27)31(24)17-15-21-8-5-6-16-28-21;/h5-6,8-14,16,18H,2-4,7,15,17H2,1H3,(H2,27,30)(H,29,32);1H. The van der Waals surface area contributed by atoms with Gasteiger partial charge in [0.15, 0.2) is 0 Å². The van der Waals surface area contributed by atoms with Gasteiger partial charge < -0.3 is 15.6 Å². The summed E-state index contributed by atoms with van der Waals surface area (Å²) >= 11 is 0. The Balaban J connectivity index is 0.00000306. The lowest BCUT2D eigenvalue weighted by molar-refractivity contribution is 0.102. The number of anilines is 2. The van der Waals surface area contributed by atoms with Crippen molar-refractivity contribution in [1.82, 2.24) is 14.5 Å². The molecule has 0 saturated carbocycles. The maximum atomic E-state index is 12.7. The van der Waals surface area contributed by atoms with Crippen LogP contribution in [0.25, 0.3) is 11.0 Å². The molecule has 0 radical (unpaired) electrons. The highest BCUT2D eigenvalue weighted by Gasteiger charge is 2.11. The summed E-state index contributed by atoms with van der Waals surface area (Å²) in [5.74, 6) is 0.324. The zero-order valence-corrected chi connectivity index (χ0v) is 19.6. The van der Waals surface area contributed by atoms with Gasteiger partial charge in [-0.3, -0.25) is 9.78 Å².